The molecule has 1 aromatic carbocycles. The third-order valence-electron chi connectivity index (χ3n) is 6.99. The Kier molecular flexibility index (Phi) is 7.65. The van der Waals surface area contributed by atoms with Gasteiger partial charge in [-0.05, 0) is 51.8 Å². The highest BCUT2D eigenvalue weighted by Gasteiger charge is 2.36. The number of aromatic nitrogens is 4. The number of hydrogen-bond donors (Lipinski definition) is 0. The molecule has 0 atom stereocenters. The summed E-state index contributed by atoms with van der Waals surface area (Å²) in [5, 5.41) is 8.08. The number of carbonyl (C=O) groups is 1. The van der Waals surface area contributed by atoms with Crippen molar-refractivity contribution in [2.75, 3.05) is 32.8 Å². The summed E-state index contributed by atoms with van der Waals surface area (Å²) in [4.78, 5) is 33.9. The van der Waals surface area contributed by atoms with Crippen LogP contribution in [-0.4, -0.2) is 80.1 Å². The smallest absolute Gasteiger partial charge is 0.410 e. The second-order valence-corrected chi connectivity index (χ2v) is 10.8. The molecule has 2 aliphatic rings. The highest BCUT2D eigenvalue weighted by atomic mass is 19.1. The molecule has 0 aliphatic carbocycles. The van der Waals surface area contributed by atoms with Gasteiger partial charge >= 0.3 is 6.09 Å². The number of amides is 1. The van der Waals surface area contributed by atoms with Crippen LogP contribution in [0.5, 0.6) is 11.6 Å². The van der Waals surface area contributed by atoms with E-state index < -0.39 is 17.4 Å². The van der Waals surface area contributed by atoms with Crippen molar-refractivity contribution in [2.45, 2.75) is 58.3 Å². The average molecular weight is 541 g/mol. The fourth-order valence-electron chi connectivity index (χ4n) is 5.15. The number of piperidine rings is 1. The van der Waals surface area contributed by atoms with E-state index >= 15 is 0 Å². The van der Waals surface area contributed by atoms with Crippen LogP contribution in [-0.2, 0) is 17.9 Å². The fraction of sp³-hybridized carbons (Fsp3) is 0.519. The molecule has 5 rings (SSSR count). The summed E-state index contributed by atoms with van der Waals surface area (Å²) >= 11 is 0. The maximum Gasteiger partial charge on any atom is 0.410 e. The number of fused-ring (bicyclic) bond motifs is 2. The lowest BCUT2D eigenvalue weighted by molar-refractivity contribution is 0.0190. The summed E-state index contributed by atoms with van der Waals surface area (Å²) in [6, 6.07) is 5.94. The van der Waals surface area contributed by atoms with Crippen molar-refractivity contribution in [3.05, 3.63) is 52.3 Å². The van der Waals surface area contributed by atoms with Gasteiger partial charge in [-0.2, -0.15) is 0 Å². The lowest BCUT2D eigenvalue weighted by Gasteiger charge is -2.44. The first-order valence-electron chi connectivity index (χ1n) is 13.1. The van der Waals surface area contributed by atoms with Crippen LogP contribution in [0, 0.1) is 5.82 Å². The van der Waals surface area contributed by atoms with Crippen LogP contribution in [0.1, 0.15) is 39.3 Å². The van der Waals surface area contributed by atoms with Crippen molar-refractivity contribution in [3.8, 4) is 11.6 Å². The quantitative estimate of drug-likeness (QED) is 0.466. The van der Waals surface area contributed by atoms with Crippen LogP contribution < -0.4 is 15.0 Å². The van der Waals surface area contributed by atoms with Crippen molar-refractivity contribution in [1.29, 1.82) is 0 Å². The third kappa shape index (κ3) is 6.11. The van der Waals surface area contributed by atoms with Crippen LogP contribution in [0.3, 0.4) is 0 Å². The number of ether oxygens (including phenoxy) is 3. The topological polar surface area (TPSA) is 112 Å². The summed E-state index contributed by atoms with van der Waals surface area (Å²) in [5.74, 6) is 0.433. The van der Waals surface area contributed by atoms with Crippen molar-refractivity contribution >= 4 is 17.1 Å². The largest absolute Gasteiger partial charge is 0.484 e. The fourth-order valence-corrected chi connectivity index (χ4v) is 5.15. The van der Waals surface area contributed by atoms with Gasteiger partial charge in [0.25, 0.3) is 11.4 Å². The average Bonchev–Trinajstić information content (AvgIpc) is 2.91. The Morgan fingerprint density at radius 3 is 2.67 bits per heavy atom. The molecule has 12 heteroatoms. The summed E-state index contributed by atoms with van der Waals surface area (Å²) < 4.78 is 32.0. The summed E-state index contributed by atoms with van der Waals surface area (Å²) in [7, 11) is 0. The molecule has 2 aliphatic heterocycles. The Bertz CT molecular complexity index is 1400. The van der Waals surface area contributed by atoms with Gasteiger partial charge < -0.3 is 28.6 Å². The first-order chi connectivity index (χ1) is 18.7. The maximum absolute atomic E-state index is 13.8. The molecule has 0 radical (unpaired) electrons. The van der Waals surface area contributed by atoms with Crippen molar-refractivity contribution < 1.29 is 23.4 Å². The first kappa shape index (κ1) is 26.8. The molecule has 0 N–H and O–H groups in total. The Morgan fingerprint density at radius 1 is 1.13 bits per heavy atom. The van der Waals surface area contributed by atoms with Gasteiger partial charge in [0.2, 0.25) is 0 Å². The molecule has 1 amide bonds. The molecule has 11 nitrogen and oxygen atoms in total. The molecule has 0 spiro atoms. The monoisotopic (exact) mass is 540 g/mol. The lowest BCUT2D eigenvalue weighted by Crippen LogP contribution is -2.55. The van der Waals surface area contributed by atoms with E-state index in [1.807, 2.05) is 20.8 Å². The van der Waals surface area contributed by atoms with Crippen LogP contribution in [0.25, 0.3) is 11.0 Å². The molecule has 4 heterocycles. The molecule has 0 unspecified atom stereocenters. The zero-order chi connectivity index (χ0) is 27.6. The van der Waals surface area contributed by atoms with Gasteiger partial charge in [-0.3, -0.25) is 4.79 Å². The summed E-state index contributed by atoms with van der Waals surface area (Å²) in [6.45, 7) is 9.37. The second-order valence-electron chi connectivity index (χ2n) is 10.8. The van der Waals surface area contributed by atoms with Gasteiger partial charge in [0.15, 0.2) is 5.75 Å². The van der Waals surface area contributed by atoms with Gasteiger partial charge in [-0.1, -0.05) is 0 Å². The molecule has 2 aromatic heterocycles. The molecule has 1 saturated heterocycles. The number of carbonyl (C=O) groups excluding carboxylic acids is 1. The summed E-state index contributed by atoms with van der Waals surface area (Å²) in [6.07, 6.45) is 2.39. The molecular formula is C27H33FN6O5. The molecule has 3 aromatic rings. The van der Waals surface area contributed by atoms with Crippen molar-refractivity contribution in [2.24, 2.45) is 0 Å². The number of benzene rings is 1. The van der Waals surface area contributed by atoms with Crippen LogP contribution in [0.2, 0.25) is 0 Å². The number of halogens is 1. The van der Waals surface area contributed by atoms with Crippen LogP contribution in [0.15, 0.2) is 35.3 Å². The van der Waals surface area contributed by atoms with E-state index in [4.69, 9.17) is 14.2 Å². The zero-order valence-electron chi connectivity index (χ0n) is 22.4. The van der Waals surface area contributed by atoms with Gasteiger partial charge in [0.1, 0.15) is 31.3 Å². The predicted octanol–water partition coefficient (Wildman–Crippen LogP) is 3.00. The van der Waals surface area contributed by atoms with E-state index in [9.17, 15) is 14.0 Å². The normalized spacial score (nSPS) is 16.3. The minimum atomic E-state index is -0.449. The predicted molar refractivity (Wildman–Crippen MR) is 140 cm³/mol. The van der Waals surface area contributed by atoms with E-state index in [0.717, 1.165) is 25.9 Å². The Labute approximate surface area is 225 Å². The zero-order valence-corrected chi connectivity index (χ0v) is 22.4. The van der Waals surface area contributed by atoms with Crippen LogP contribution in [0.4, 0.5) is 9.18 Å². The minimum Gasteiger partial charge on any atom is -0.484 e. The maximum atomic E-state index is 13.8. The highest BCUT2D eigenvalue weighted by Crippen LogP contribution is 2.28. The van der Waals surface area contributed by atoms with Gasteiger partial charge in [-0.25, -0.2) is 14.2 Å². The second kappa shape index (κ2) is 11.1. The number of rotatable bonds is 6. The summed E-state index contributed by atoms with van der Waals surface area (Å²) in [5.41, 5.74) is 0.843. The molecule has 1 fully saturated rings. The molecular weight excluding hydrogens is 507 g/mol. The van der Waals surface area contributed by atoms with Crippen LogP contribution >= 0.6 is 0 Å². The minimum absolute atomic E-state index is 0.00123. The van der Waals surface area contributed by atoms with E-state index in [-0.39, 0.29) is 18.2 Å². The Morgan fingerprint density at radius 2 is 1.90 bits per heavy atom. The van der Waals surface area contributed by atoms with E-state index in [2.05, 4.69) is 20.1 Å². The third-order valence-corrected chi connectivity index (χ3v) is 6.99. The first-order valence-corrected chi connectivity index (χ1v) is 13.1. The Hall–Kier alpha value is -3.80. The number of hydrogen-bond acceptors (Lipinski definition) is 9. The number of nitrogens with zero attached hydrogens (tertiary/aromatic N) is 6. The van der Waals surface area contributed by atoms with E-state index in [1.165, 1.54) is 18.3 Å². The standard InChI is InChI=1S/C27H33FN6O5/c1-27(2,3)34(26(36)39-17-19-15-23-25(31-30-19)38-13-12-37-23)20-6-8-32(9-7-20)10-11-33-22-14-18(28)4-5-21(22)29-16-24(33)35/h4-5,14-16,20H,6-13,17H2,1-3H3. The molecule has 0 saturated carbocycles. The molecule has 0 bridgehead atoms. The van der Waals surface area contributed by atoms with E-state index in [1.54, 1.807) is 21.6 Å². The van der Waals surface area contributed by atoms with Gasteiger partial charge in [-0.15, -0.1) is 10.2 Å². The lowest BCUT2D eigenvalue weighted by atomic mass is 9.97. The molecule has 39 heavy (non-hydrogen) atoms. The SMILES string of the molecule is CC(C)(C)N(C(=O)OCc1cc2c(nn1)OCCO2)C1CCN(CCn2c(=O)cnc3ccc(F)cc32)CC1. The Balaban J connectivity index is 1.18. The van der Waals surface area contributed by atoms with Gasteiger partial charge in [0.05, 0.1) is 17.2 Å². The van der Waals surface area contributed by atoms with Crippen molar-refractivity contribution in [1.82, 2.24) is 29.5 Å². The van der Waals surface area contributed by atoms with Gasteiger partial charge in [0, 0.05) is 43.8 Å². The van der Waals surface area contributed by atoms with Crippen molar-refractivity contribution in [3.63, 3.8) is 0 Å². The van der Waals surface area contributed by atoms with E-state index in [0.29, 0.717) is 54.7 Å². The number of likely N-dealkylation sites (tertiary alicyclic amines) is 1. The highest BCUT2D eigenvalue weighted by molar-refractivity contribution is 5.74. The molecule has 208 valence electrons.